The number of hydrogen-bond acceptors (Lipinski definition) is 2. The fourth-order valence-electron chi connectivity index (χ4n) is 0.795. The molecule has 0 amide bonds. The summed E-state index contributed by atoms with van der Waals surface area (Å²) in [6.45, 7) is 6.21. The summed E-state index contributed by atoms with van der Waals surface area (Å²) in [5.74, 6) is 0. The lowest BCUT2D eigenvalue weighted by Gasteiger charge is -2.24. The standard InChI is InChI=1S/C7H16OS/c1-6(9)5-7(2,3)8-4/h6,9H,5H2,1-4H3. The summed E-state index contributed by atoms with van der Waals surface area (Å²) in [5, 5.41) is 0.417. The summed E-state index contributed by atoms with van der Waals surface area (Å²) in [6.07, 6.45) is 0.993. The fourth-order valence-corrected chi connectivity index (χ4v) is 1.23. The Morgan fingerprint density at radius 1 is 1.56 bits per heavy atom. The number of thiol groups is 1. The summed E-state index contributed by atoms with van der Waals surface area (Å²) >= 11 is 4.27. The molecule has 0 heterocycles. The van der Waals surface area contributed by atoms with E-state index < -0.39 is 0 Å². The normalized spacial score (nSPS) is 15.7. The average Bonchev–Trinajstić information content (AvgIpc) is 1.63. The van der Waals surface area contributed by atoms with Crippen molar-refractivity contribution in [3.8, 4) is 0 Å². The minimum atomic E-state index is -0.0127. The van der Waals surface area contributed by atoms with E-state index in [1.54, 1.807) is 7.11 Å². The minimum Gasteiger partial charge on any atom is -0.379 e. The summed E-state index contributed by atoms with van der Waals surface area (Å²) in [4.78, 5) is 0. The van der Waals surface area contributed by atoms with Crippen molar-refractivity contribution in [2.24, 2.45) is 0 Å². The highest BCUT2D eigenvalue weighted by Crippen LogP contribution is 2.17. The van der Waals surface area contributed by atoms with E-state index >= 15 is 0 Å². The molecule has 0 saturated heterocycles. The quantitative estimate of drug-likeness (QED) is 0.603. The molecule has 0 radical (unpaired) electrons. The van der Waals surface area contributed by atoms with Crippen molar-refractivity contribution in [3.63, 3.8) is 0 Å². The van der Waals surface area contributed by atoms with Crippen molar-refractivity contribution in [1.82, 2.24) is 0 Å². The van der Waals surface area contributed by atoms with Gasteiger partial charge in [0.25, 0.3) is 0 Å². The molecule has 1 nitrogen and oxygen atoms in total. The van der Waals surface area contributed by atoms with Gasteiger partial charge in [0.05, 0.1) is 5.60 Å². The molecule has 0 aromatic carbocycles. The Balaban J connectivity index is 3.58. The Morgan fingerprint density at radius 2 is 2.00 bits per heavy atom. The summed E-state index contributed by atoms with van der Waals surface area (Å²) in [7, 11) is 1.73. The number of ether oxygens (including phenoxy) is 1. The summed E-state index contributed by atoms with van der Waals surface area (Å²) in [6, 6.07) is 0. The van der Waals surface area contributed by atoms with E-state index in [1.807, 2.05) is 0 Å². The number of rotatable bonds is 3. The molecule has 0 saturated carbocycles. The lowest BCUT2D eigenvalue weighted by Crippen LogP contribution is -2.25. The molecule has 2 heteroatoms. The fraction of sp³-hybridized carbons (Fsp3) is 1.00. The third-order valence-electron chi connectivity index (χ3n) is 1.34. The molecule has 0 aliphatic heterocycles. The van der Waals surface area contributed by atoms with Gasteiger partial charge in [0, 0.05) is 12.4 Å². The Hall–Kier alpha value is 0.310. The van der Waals surface area contributed by atoms with E-state index in [-0.39, 0.29) is 5.60 Å². The molecule has 0 fully saturated rings. The van der Waals surface area contributed by atoms with Gasteiger partial charge in [-0.15, -0.1) is 0 Å². The lowest BCUT2D eigenvalue weighted by atomic mass is 10.0. The summed E-state index contributed by atoms with van der Waals surface area (Å²) < 4.78 is 5.20. The van der Waals surface area contributed by atoms with Crippen molar-refractivity contribution >= 4 is 12.6 Å². The van der Waals surface area contributed by atoms with Crippen LogP contribution in [0.4, 0.5) is 0 Å². The highest BCUT2D eigenvalue weighted by atomic mass is 32.1. The predicted octanol–water partition coefficient (Wildman–Crippen LogP) is 2.12. The second-order valence-electron chi connectivity index (χ2n) is 3.02. The van der Waals surface area contributed by atoms with Gasteiger partial charge in [-0.1, -0.05) is 6.92 Å². The molecule has 0 N–H and O–H groups in total. The highest BCUT2D eigenvalue weighted by Gasteiger charge is 2.17. The molecule has 0 aliphatic carbocycles. The largest absolute Gasteiger partial charge is 0.379 e. The maximum atomic E-state index is 5.20. The third-order valence-corrected chi connectivity index (χ3v) is 1.52. The molecular formula is C7H16OS. The van der Waals surface area contributed by atoms with Gasteiger partial charge in [0.15, 0.2) is 0 Å². The van der Waals surface area contributed by atoms with Crippen LogP contribution >= 0.6 is 12.6 Å². The lowest BCUT2D eigenvalue weighted by molar-refractivity contribution is 0.0163. The van der Waals surface area contributed by atoms with Crippen LogP contribution in [0.2, 0.25) is 0 Å². The topological polar surface area (TPSA) is 9.23 Å². The van der Waals surface area contributed by atoms with Crippen molar-refractivity contribution in [3.05, 3.63) is 0 Å². The SMILES string of the molecule is COC(C)(C)CC(C)S. The zero-order valence-electron chi connectivity index (χ0n) is 6.64. The monoisotopic (exact) mass is 148 g/mol. The van der Waals surface area contributed by atoms with Crippen LogP contribution in [0.25, 0.3) is 0 Å². The van der Waals surface area contributed by atoms with Crippen LogP contribution in [0.3, 0.4) is 0 Å². The molecule has 9 heavy (non-hydrogen) atoms. The molecular weight excluding hydrogens is 132 g/mol. The van der Waals surface area contributed by atoms with E-state index in [0.717, 1.165) is 6.42 Å². The van der Waals surface area contributed by atoms with Gasteiger partial charge in [-0.3, -0.25) is 0 Å². The second-order valence-corrected chi connectivity index (χ2v) is 3.90. The van der Waals surface area contributed by atoms with Gasteiger partial charge in [0.2, 0.25) is 0 Å². The van der Waals surface area contributed by atoms with E-state index in [9.17, 15) is 0 Å². The molecule has 0 aromatic rings. The van der Waals surface area contributed by atoms with Crippen molar-refractivity contribution in [1.29, 1.82) is 0 Å². The van der Waals surface area contributed by atoms with E-state index in [0.29, 0.717) is 5.25 Å². The smallest absolute Gasteiger partial charge is 0.0633 e. The van der Waals surface area contributed by atoms with Gasteiger partial charge in [-0.05, 0) is 20.3 Å². The van der Waals surface area contributed by atoms with Crippen LogP contribution in [-0.2, 0) is 4.74 Å². The first-order chi connectivity index (χ1) is 3.98. The predicted molar refractivity (Wildman–Crippen MR) is 44.2 cm³/mol. The van der Waals surface area contributed by atoms with E-state index in [4.69, 9.17) is 4.74 Å². The van der Waals surface area contributed by atoms with Crippen molar-refractivity contribution < 1.29 is 4.74 Å². The average molecular weight is 148 g/mol. The molecule has 0 spiro atoms. The maximum Gasteiger partial charge on any atom is 0.0633 e. The van der Waals surface area contributed by atoms with Gasteiger partial charge in [0.1, 0.15) is 0 Å². The van der Waals surface area contributed by atoms with Crippen LogP contribution in [0.1, 0.15) is 27.2 Å². The van der Waals surface area contributed by atoms with E-state index in [2.05, 4.69) is 33.4 Å². The first kappa shape index (κ1) is 9.31. The van der Waals surface area contributed by atoms with Crippen LogP contribution in [0.15, 0.2) is 0 Å². The van der Waals surface area contributed by atoms with Gasteiger partial charge in [-0.2, -0.15) is 12.6 Å². The first-order valence-corrected chi connectivity index (χ1v) is 3.73. The Morgan fingerprint density at radius 3 is 2.11 bits per heavy atom. The van der Waals surface area contributed by atoms with Crippen molar-refractivity contribution in [2.75, 3.05) is 7.11 Å². The number of methoxy groups -OCH3 is 1. The van der Waals surface area contributed by atoms with Crippen LogP contribution < -0.4 is 0 Å². The molecule has 1 unspecified atom stereocenters. The molecule has 56 valence electrons. The molecule has 0 aliphatic rings. The van der Waals surface area contributed by atoms with Gasteiger partial charge < -0.3 is 4.74 Å². The summed E-state index contributed by atoms with van der Waals surface area (Å²) in [5.41, 5.74) is -0.0127. The Bertz CT molecular complexity index is 79.0. The van der Waals surface area contributed by atoms with Crippen molar-refractivity contribution in [2.45, 2.75) is 38.0 Å². The first-order valence-electron chi connectivity index (χ1n) is 3.21. The van der Waals surface area contributed by atoms with Gasteiger partial charge in [-0.25, -0.2) is 0 Å². The molecule has 0 rings (SSSR count). The second kappa shape index (κ2) is 3.47. The Labute approximate surface area is 63.2 Å². The Kier molecular flexibility index (Phi) is 3.59. The number of hydrogen-bond donors (Lipinski definition) is 1. The molecule has 0 aromatic heterocycles. The molecule has 0 bridgehead atoms. The van der Waals surface area contributed by atoms with E-state index in [1.165, 1.54) is 0 Å². The third kappa shape index (κ3) is 4.79. The van der Waals surface area contributed by atoms with Crippen LogP contribution in [0, 0.1) is 0 Å². The van der Waals surface area contributed by atoms with Crippen LogP contribution in [-0.4, -0.2) is 18.0 Å². The highest BCUT2D eigenvalue weighted by molar-refractivity contribution is 7.80. The maximum absolute atomic E-state index is 5.20. The molecule has 1 atom stereocenters. The zero-order valence-corrected chi connectivity index (χ0v) is 7.53. The van der Waals surface area contributed by atoms with Crippen LogP contribution in [0.5, 0.6) is 0 Å². The van der Waals surface area contributed by atoms with Gasteiger partial charge >= 0.3 is 0 Å². The zero-order chi connectivity index (χ0) is 7.49. The minimum absolute atomic E-state index is 0.0127.